The molecule has 0 saturated carbocycles. The van der Waals surface area contributed by atoms with E-state index in [1.54, 1.807) is 13.0 Å². The van der Waals surface area contributed by atoms with Crippen LogP contribution in [0.2, 0.25) is 0 Å². The molecule has 100 valence electrons. The van der Waals surface area contributed by atoms with Gasteiger partial charge in [0.25, 0.3) is 0 Å². The number of hydrogen-bond donors (Lipinski definition) is 0. The van der Waals surface area contributed by atoms with E-state index in [0.717, 1.165) is 5.56 Å². The summed E-state index contributed by atoms with van der Waals surface area (Å²) in [5.41, 5.74) is 0.723. The smallest absolute Gasteiger partial charge is 0.420 e. The van der Waals surface area contributed by atoms with E-state index in [4.69, 9.17) is 4.74 Å². The standard InChI is InChI=1S/C12H9F3N2O2/c1-8-3-4-9(19-12(13,14)15)10(7-8)18-11-16-5-2-6-17-11/h2-7H,1H3. The third kappa shape index (κ3) is 3.84. The van der Waals surface area contributed by atoms with Crippen LogP contribution in [-0.4, -0.2) is 16.3 Å². The Morgan fingerprint density at radius 2 is 1.74 bits per heavy atom. The summed E-state index contributed by atoms with van der Waals surface area (Å²) in [6.07, 6.45) is -1.95. The highest BCUT2D eigenvalue weighted by molar-refractivity contribution is 5.43. The summed E-state index contributed by atoms with van der Waals surface area (Å²) in [4.78, 5) is 7.54. The second kappa shape index (κ2) is 5.13. The molecule has 0 saturated heterocycles. The van der Waals surface area contributed by atoms with Crippen molar-refractivity contribution in [2.24, 2.45) is 0 Å². The van der Waals surface area contributed by atoms with E-state index < -0.39 is 12.1 Å². The van der Waals surface area contributed by atoms with Gasteiger partial charge in [-0.25, -0.2) is 9.97 Å². The van der Waals surface area contributed by atoms with Gasteiger partial charge in [-0.2, -0.15) is 0 Å². The molecule has 0 amide bonds. The molecule has 0 bridgehead atoms. The lowest BCUT2D eigenvalue weighted by molar-refractivity contribution is -0.275. The van der Waals surface area contributed by atoms with Crippen LogP contribution in [0.1, 0.15) is 5.56 Å². The van der Waals surface area contributed by atoms with Crippen molar-refractivity contribution in [2.75, 3.05) is 0 Å². The first-order valence-corrected chi connectivity index (χ1v) is 5.25. The normalized spacial score (nSPS) is 11.2. The van der Waals surface area contributed by atoms with Gasteiger partial charge >= 0.3 is 12.4 Å². The maximum atomic E-state index is 12.3. The SMILES string of the molecule is Cc1ccc(OC(F)(F)F)c(Oc2ncccn2)c1. The van der Waals surface area contributed by atoms with E-state index in [9.17, 15) is 13.2 Å². The Morgan fingerprint density at radius 3 is 2.37 bits per heavy atom. The van der Waals surface area contributed by atoms with E-state index in [2.05, 4.69) is 14.7 Å². The average Bonchev–Trinajstić information content (AvgIpc) is 2.32. The van der Waals surface area contributed by atoms with Crippen molar-refractivity contribution in [1.29, 1.82) is 0 Å². The van der Waals surface area contributed by atoms with Crippen molar-refractivity contribution in [3.8, 4) is 17.5 Å². The highest BCUT2D eigenvalue weighted by atomic mass is 19.4. The summed E-state index contributed by atoms with van der Waals surface area (Å²) in [7, 11) is 0. The fraction of sp³-hybridized carbons (Fsp3) is 0.167. The molecular formula is C12H9F3N2O2. The van der Waals surface area contributed by atoms with E-state index in [1.165, 1.54) is 30.6 Å². The van der Waals surface area contributed by atoms with Gasteiger partial charge in [0, 0.05) is 12.4 Å². The van der Waals surface area contributed by atoms with Gasteiger partial charge in [-0.3, -0.25) is 0 Å². The molecule has 0 aliphatic rings. The molecule has 0 N–H and O–H groups in total. The van der Waals surface area contributed by atoms with Crippen molar-refractivity contribution in [2.45, 2.75) is 13.3 Å². The first kappa shape index (κ1) is 13.1. The van der Waals surface area contributed by atoms with E-state index in [-0.39, 0.29) is 11.8 Å². The van der Waals surface area contributed by atoms with Crippen molar-refractivity contribution in [3.05, 3.63) is 42.2 Å². The number of ether oxygens (including phenoxy) is 2. The molecule has 1 heterocycles. The van der Waals surface area contributed by atoms with Gasteiger partial charge < -0.3 is 9.47 Å². The summed E-state index contributed by atoms with van der Waals surface area (Å²) in [6.45, 7) is 1.72. The monoisotopic (exact) mass is 270 g/mol. The van der Waals surface area contributed by atoms with Gasteiger partial charge in [0.15, 0.2) is 11.5 Å². The number of benzene rings is 1. The largest absolute Gasteiger partial charge is 0.573 e. The third-order valence-corrected chi connectivity index (χ3v) is 2.07. The second-order valence-electron chi connectivity index (χ2n) is 3.63. The Labute approximate surface area is 106 Å². The predicted octanol–water partition coefficient (Wildman–Crippen LogP) is 3.48. The number of alkyl halides is 3. The van der Waals surface area contributed by atoms with Crippen molar-refractivity contribution in [3.63, 3.8) is 0 Å². The fourth-order valence-corrected chi connectivity index (χ4v) is 1.34. The first-order valence-electron chi connectivity index (χ1n) is 5.25. The van der Waals surface area contributed by atoms with Gasteiger partial charge in [0.2, 0.25) is 0 Å². The zero-order valence-electron chi connectivity index (χ0n) is 9.81. The molecule has 0 spiro atoms. The van der Waals surface area contributed by atoms with E-state index >= 15 is 0 Å². The molecule has 0 unspecified atom stereocenters. The van der Waals surface area contributed by atoms with Gasteiger partial charge in [-0.1, -0.05) is 6.07 Å². The molecule has 2 rings (SSSR count). The number of hydrogen-bond acceptors (Lipinski definition) is 4. The van der Waals surface area contributed by atoms with Crippen molar-refractivity contribution in [1.82, 2.24) is 9.97 Å². The Bertz CT molecular complexity index is 559. The van der Waals surface area contributed by atoms with Crippen LogP contribution in [0.15, 0.2) is 36.7 Å². The lowest BCUT2D eigenvalue weighted by atomic mass is 10.2. The van der Waals surface area contributed by atoms with Crippen LogP contribution in [0.4, 0.5) is 13.2 Å². The third-order valence-electron chi connectivity index (χ3n) is 2.07. The molecular weight excluding hydrogens is 261 g/mol. The summed E-state index contributed by atoms with van der Waals surface area (Å²) in [5.74, 6) is -0.533. The quantitative estimate of drug-likeness (QED) is 0.856. The second-order valence-corrected chi connectivity index (χ2v) is 3.63. The van der Waals surface area contributed by atoms with Crippen LogP contribution >= 0.6 is 0 Å². The molecule has 7 heteroatoms. The Kier molecular flexibility index (Phi) is 3.55. The molecule has 2 aromatic rings. The summed E-state index contributed by atoms with van der Waals surface area (Å²) >= 11 is 0. The van der Waals surface area contributed by atoms with Gasteiger partial charge in [0.05, 0.1) is 0 Å². The zero-order chi connectivity index (χ0) is 13.9. The first-order chi connectivity index (χ1) is 8.94. The number of aromatic nitrogens is 2. The molecule has 1 aromatic heterocycles. The Hall–Kier alpha value is -2.31. The number of halogens is 3. The maximum Gasteiger partial charge on any atom is 0.573 e. The summed E-state index contributed by atoms with van der Waals surface area (Å²) in [5, 5.41) is 0. The fourth-order valence-electron chi connectivity index (χ4n) is 1.34. The van der Waals surface area contributed by atoms with Crippen molar-refractivity contribution >= 4 is 0 Å². The molecule has 1 aromatic carbocycles. The minimum absolute atomic E-state index is 0.0554. The summed E-state index contributed by atoms with van der Waals surface area (Å²) in [6, 6.07) is 5.59. The molecule has 0 aliphatic carbocycles. The van der Waals surface area contributed by atoms with Crippen LogP contribution in [0.5, 0.6) is 17.5 Å². The van der Waals surface area contributed by atoms with Gasteiger partial charge in [0.1, 0.15) is 0 Å². The Balaban J connectivity index is 2.30. The molecule has 4 nitrogen and oxygen atoms in total. The average molecular weight is 270 g/mol. The van der Waals surface area contributed by atoms with E-state index in [1.807, 2.05) is 0 Å². The highest BCUT2D eigenvalue weighted by Crippen LogP contribution is 2.34. The minimum Gasteiger partial charge on any atom is -0.420 e. The van der Waals surface area contributed by atoms with Gasteiger partial charge in [-0.15, -0.1) is 13.2 Å². The summed E-state index contributed by atoms with van der Waals surface area (Å²) < 4.78 is 45.8. The highest BCUT2D eigenvalue weighted by Gasteiger charge is 2.32. The van der Waals surface area contributed by atoms with E-state index in [0.29, 0.717) is 0 Å². The topological polar surface area (TPSA) is 44.2 Å². The number of aryl methyl sites for hydroxylation is 1. The van der Waals surface area contributed by atoms with Crippen molar-refractivity contribution < 1.29 is 22.6 Å². The lowest BCUT2D eigenvalue weighted by Crippen LogP contribution is -2.17. The van der Waals surface area contributed by atoms with Crippen LogP contribution in [0, 0.1) is 6.92 Å². The lowest BCUT2D eigenvalue weighted by Gasteiger charge is -2.13. The number of rotatable bonds is 3. The van der Waals surface area contributed by atoms with Crippen LogP contribution in [-0.2, 0) is 0 Å². The Morgan fingerprint density at radius 1 is 1.05 bits per heavy atom. The minimum atomic E-state index is -4.79. The molecule has 19 heavy (non-hydrogen) atoms. The molecule has 0 aliphatic heterocycles. The van der Waals surface area contributed by atoms with Gasteiger partial charge in [-0.05, 0) is 30.7 Å². The molecule has 0 fully saturated rings. The maximum absolute atomic E-state index is 12.3. The predicted molar refractivity (Wildman–Crippen MR) is 60.0 cm³/mol. The zero-order valence-corrected chi connectivity index (χ0v) is 9.81. The number of nitrogens with zero attached hydrogens (tertiary/aromatic N) is 2. The molecule has 0 atom stereocenters. The van der Waals surface area contributed by atoms with Crippen LogP contribution in [0.25, 0.3) is 0 Å². The van der Waals surface area contributed by atoms with Crippen LogP contribution in [0.3, 0.4) is 0 Å². The van der Waals surface area contributed by atoms with Crippen LogP contribution < -0.4 is 9.47 Å². The molecule has 0 radical (unpaired) electrons.